The molecule has 31 heavy (non-hydrogen) atoms. The summed E-state index contributed by atoms with van der Waals surface area (Å²) in [7, 11) is 2.82. The van der Waals surface area contributed by atoms with Crippen LogP contribution in [0.1, 0.15) is 18.1 Å². The van der Waals surface area contributed by atoms with Crippen molar-refractivity contribution in [1.29, 1.82) is 0 Å². The Bertz CT molecular complexity index is 1390. The molecule has 10 heteroatoms. The van der Waals surface area contributed by atoms with E-state index in [1.165, 1.54) is 50.0 Å². The van der Waals surface area contributed by atoms with E-state index in [4.69, 9.17) is 9.15 Å². The van der Waals surface area contributed by atoms with Crippen molar-refractivity contribution < 1.29 is 18.7 Å². The van der Waals surface area contributed by atoms with Gasteiger partial charge in [-0.1, -0.05) is 0 Å². The Morgan fingerprint density at radius 2 is 1.90 bits per heavy atom. The zero-order valence-electron chi connectivity index (χ0n) is 17.0. The fourth-order valence-corrected chi connectivity index (χ4v) is 2.94. The third-order valence-corrected chi connectivity index (χ3v) is 4.39. The maximum atomic E-state index is 12.1. The number of carbonyl (C=O) groups is 2. The molecule has 0 aliphatic carbocycles. The molecule has 160 valence electrons. The SMILES string of the molecule is CC(=O)Nc1ccc2c(COC(=O)/C=C/c3cn(C)c(=O)n(C)c3=O)cc(=O)oc2c1. The number of ether oxygens (including phenoxy) is 1. The van der Waals surface area contributed by atoms with Crippen LogP contribution in [0.15, 0.2) is 55.3 Å². The maximum Gasteiger partial charge on any atom is 0.336 e. The van der Waals surface area contributed by atoms with Crippen LogP contribution >= 0.6 is 0 Å². The average Bonchev–Trinajstić information content (AvgIpc) is 2.71. The van der Waals surface area contributed by atoms with Gasteiger partial charge in [0.05, 0.1) is 5.56 Å². The molecule has 0 aliphatic heterocycles. The van der Waals surface area contributed by atoms with Gasteiger partial charge < -0.3 is 19.0 Å². The Balaban J connectivity index is 1.79. The number of esters is 1. The highest BCUT2D eigenvalue weighted by Crippen LogP contribution is 2.22. The summed E-state index contributed by atoms with van der Waals surface area (Å²) >= 11 is 0. The van der Waals surface area contributed by atoms with Gasteiger partial charge in [0.1, 0.15) is 12.2 Å². The summed E-state index contributed by atoms with van der Waals surface area (Å²) in [6.07, 6.45) is 3.63. The fourth-order valence-electron chi connectivity index (χ4n) is 2.94. The summed E-state index contributed by atoms with van der Waals surface area (Å²) in [5.74, 6) is -1.01. The van der Waals surface area contributed by atoms with E-state index in [1.807, 2.05) is 0 Å². The molecule has 1 amide bonds. The molecule has 0 unspecified atom stereocenters. The second-order valence-corrected chi connectivity index (χ2v) is 6.77. The smallest absolute Gasteiger partial charge is 0.336 e. The van der Waals surface area contributed by atoms with Crippen LogP contribution in [0, 0.1) is 0 Å². The van der Waals surface area contributed by atoms with Crippen LogP contribution in [-0.2, 0) is 35.0 Å². The van der Waals surface area contributed by atoms with Gasteiger partial charge in [0.2, 0.25) is 5.91 Å². The van der Waals surface area contributed by atoms with Crippen molar-refractivity contribution in [1.82, 2.24) is 9.13 Å². The molecule has 0 aliphatic rings. The first-order chi connectivity index (χ1) is 14.7. The van der Waals surface area contributed by atoms with Gasteiger partial charge in [-0.15, -0.1) is 0 Å². The second-order valence-electron chi connectivity index (χ2n) is 6.77. The molecule has 1 N–H and O–H groups in total. The molecule has 0 saturated heterocycles. The summed E-state index contributed by atoms with van der Waals surface area (Å²) in [5, 5.41) is 3.13. The molecular weight excluding hydrogens is 406 g/mol. The molecule has 3 rings (SSSR count). The molecule has 0 fully saturated rings. The highest BCUT2D eigenvalue weighted by molar-refractivity contribution is 5.92. The number of amides is 1. The second kappa shape index (κ2) is 8.66. The third-order valence-electron chi connectivity index (χ3n) is 4.39. The molecule has 0 saturated carbocycles. The molecule has 0 spiro atoms. The van der Waals surface area contributed by atoms with Crippen LogP contribution in [0.25, 0.3) is 17.0 Å². The quantitative estimate of drug-likeness (QED) is 0.365. The number of fused-ring (bicyclic) bond motifs is 1. The van der Waals surface area contributed by atoms with Gasteiger partial charge in [0.15, 0.2) is 0 Å². The lowest BCUT2D eigenvalue weighted by molar-refractivity contribution is -0.138. The van der Waals surface area contributed by atoms with Crippen LogP contribution in [0.3, 0.4) is 0 Å². The Labute approximate surface area is 175 Å². The van der Waals surface area contributed by atoms with Crippen molar-refractivity contribution in [3.63, 3.8) is 0 Å². The first kappa shape index (κ1) is 21.5. The molecule has 0 atom stereocenters. The van der Waals surface area contributed by atoms with E-state index in [0.29, 0.717) is 16.6 Å². The van der Waals surface area contributed by atoms with Gasteiger partial charge in [-0.25, -0.2) is 14.4 Å². The van der Waals surface area contributed by atoms with Gasteiger partial charge >= 0.3 is 17.3 Å². The van der Waals surface area contributed by atoms with E-state index in [-0.39, 0.29) is 23.7 Å². The summed E-state index contributed by atoms with van der Waals surface area (Å²) in [6, 6.07) is 5.97. The van der Waals surface area contributed by atoms with E-state index >= 15 is 0 Å². The number of nitrogens with zero attached hydrogens (tertiary/aromatic N) is 2. The number of aryl methyl sites for hydroxylation is 1. The Morgan fingerprint density at radius 1 is 1.16 bits per heavy atom. The number of carbonyl (C=O) groups excluding carboxylic acids is 2. The van der Waals surface area contributed by atoms with Crippen LogP contribution < -0.4 is 22.2 Å². The van der Waals surface area contributed by atoms with Crippen molar-refractivity contribution >= 4 is 34.6 Å². The predicted molar refractivity (Wildman–Crippen MR) is 113 cm³/mol. The molecule has 10 nitrogen and oxygen atoms in total. The molecule has 0 bridgehead atoms. The highest BCUT2D eigenvalue weighted by Gasteiger charge is 2.10. The zero-order valence-corrected chi connectivity index (χ0v) is 17.0. The maximum absolute atomic E-state index is 12.1. The van der Waals surface area contributed by atoms with Gasteiger partial charge in [-0.3, -0.25) is 14.2 Å². The topological polar surface area (TPSA) is 130 Å². The molecule has 2 heterocycles. The standard InChI is InChI=1S/C21H19N3O7/c1-12(25)22-15-5-6-16-14(8-19(27)31-17(16)9-15)11-30-18(26)7-4-13-10-23(2)21(29)24(3)20(13)28/h4-10H,11H2,1-3H3,(H,22,25)/b7-4+. The van der Waals surface area contributed by atoms with Crippen LogP contribution in [0.5, 0.6) is 0 Å². The largest absolute Gasteiger partial charge is 0.458 e. The van der Waals surface area contributed by atoms with E-state index in [2.05, 4.69) is 5.32 Å². The normalized spacial score (nSPS) is 11.1. The number of aromatic nitrogens is 2. The lowest BCUT2D eigenvalue weighted by Gasteiger charge is -2.08. The number of hydrogen-bond donors (Lipinski definition) is 1. The van der Waals surface area contributed by atoms with Gasteiger partial charge in [-0.2, -0.15) is 0 Å². The number of rotatable bonds is 5. The zero-order chi connectivity index (χ0) is 22.7. The van der Waals surface area contributed by atoms with E-state index in [9.17, 15) is 24.0 Å². The van der Waals surface area contributed by atoms with E-state index in [0.717, 1.165) is 10.6 Å². The minimum absolute atomic E-state index is 0.137. The molecule has 3 aromatic rings. The minimum atomic E-state index is -0.743. The molecule has 2 aromatic heterocycles. The first-order valence-corrected chi connectivity index (χ1v) is 9.11. The van der Waals surface area contributed by atoms with Crippen molar-refractivity contribution in [2.45, 2.75) is 13.5 Å². The van der Waals surface area contributed by atoms with Crippen molar-refractivity contribution in [3.05, 3.63) is 78.9 Å². The van der Waals surface area contributed by atoms with Crippen LogP contribution in [-0.4, -0.2) is 21.0 Å². The molecule has 0 radical (unpaired) electrons. The predicted octanol–water partition coefficient (Wildman–Crippen LogP) is 0.905. The van der Waals surface area contributed by atoms with Crippen molar-refractivity contribution in [2.75, 3.05) is 5.32 Å². The molecule has 1 aromatic carbocycles. The number of anilines is 1. The van der Waals surface area contributed by atoms with E-state index in [1.54, 1.807) is 12.1 Å². The summed E-state index contributed by atoms with van der Waals surface area (Å²) in [4.78, 5) is 58.9. The number of benzene rings is 1. The average molecular weight is 425 g/mol. The lowest BCUT2D eigenvalue weighted by atomic mass is 10.1. The highest BCUT2D eigenvalue weighted by atomic mass is 16.5. The van der Waals surface area contributed by atoms with E-state index < -0.39 is 22.8 Å². The lowest BCUT2D eigenvalue weighted by Crippen LogP contribution is -2.37. The Hall–Kier alpha value is -4.21. The van der Waals surface area contributed by atoms with Gasteiger partial charge in [-0.05, 0) is 18.2 Å². The van der Waals surface area contributed by atoms with Crippen molar-refractivity contribution in [3.8, 4) is 0 Å². The third kappa shape index (κ3) is 4.86. The summed E-state index contributed by atoms with van der Waals surface area (Å²) in [6.45, 7) is 1.14. The fraction of sp³-hybridized carbons (Fsp3) is 0.190. The monoisotopic (exact) mass is 425 g/mol. The van der Waals surface area contributed by atoms with Crippen LogP contribution in [0.4, 0.5) is 5.69 Å². The van der Waals surface area contributed by atoms with Crippen LogP contribution in [0.2, 0.25) is 0 Å². The summed E-state index contributed by atoms with van der Waals surface area (Å²) < 4.78 is 12.5. The number of nitrogens with one attached hydrogen (secondary N) is 1. The summed E-state index contributed by atoms with van der Waals surface area (Å²) in [5.41, 5.74) is -0.427. The number of hydrogen-bond acceptors (Lipinski definition) is 7. The van der Waals surface area contributed by atoms with Gasteiger partial charge in [0, 0.05) is 62.1 Å². The first-order valence-electron chi connectivity index (χ1n) is 9.11. The Kier molecular flexibility index (Phi) is 6.00. The minimum Gasteiger partial charge on any atom is -0.458 e. The Morgan fingerprint density at radius 3 is 2.61 bits per heavy atom. The van der Waals surface area contributed by atoms with Gasteiger partial charge in [0.25, 0.3) is 5.56 Å². The molecular formula is C21H19N3O7. The van der Waals surface area contributed by atoms with Crippen molar-refractivity contribution in [2.24, 2.45) is 14.1 Å².